The highest BCUT2D eigenvalue weighted by Crippen LogP contribution is 2.39. The predicted molar refractivity (Wildman–Crippen MR) is 129 cm³/mol. The first-order valence-corrected chi connectivity index (χ1v) is 13.0. The van der Waals surface area contributed by atoms with Crippen LogP contribution in [-0.4, -0.2) is 46.6 Å². The molecule has 3 atom stereocenters. The minimum Gasteiger partial charge on any atom is -0.459 e. The zero-order chi connectivity index (χ0) is 24.1. The fourth-order valence-electron chi connectivity index (χ4n) is 4.77. The van der Waals surface area contributed by atoms with E-state index in [0.717, 1.165) is 31.2 Å². The van der Waals surface area contributed by atoms with Crippen molar-refractivity contribution in [1.29, 1.82) is 0 Å². The molecule has 2 fully saturated rings. The quantitative estimate of drug-likeness (QED) is 0.529. The largest absolute Gasteiger partial charge is 0.459 e. The van der Waals surface area contributed by atoms with E-state index in [1.54, 1.807) is 42.1 Å². The first-order chi connectivity index (χ1) is 16.5. The number of carbonyl (C=O) groups excluding carboxylic acids is 4. The van der Waals surface area contributed by atoms with Crippen LogP contribution in [0.5, 0.6) is 0 Å². The molecule has 1 aliphatic heterocycles. The molecule has 1 aromatic carbocycles. The maximum Gasteiger partial charge on any atom is 0.291 e. The van der Waals surface area contributed by atoms with Crippen LogP contribution in [0.25, 0.3) is 0 Å². The summed E-state index contributed by atoms with van der Waals surface area (Å²) in [5, 5.41) is 5.65. The van der Waals surface area contributed by atoms with Gasteiger partial charge < -0.3 is 15.1 Å². The van der Waals surface area contributed by atoms with E-state index in [2.05, 4.69) is 10.6 Å². The Hall–Kier alpha value is -3.07. The van der Waals surface area contributed by atoms with Gasteiger partial charge in [0.25, 0.3) is 5.91 Å². The lowest BCUT2D eigenvalue weighted by Crippen LogP contribution is -2.50. The number of carbonyl (C=O) groups is 4. The van der Waals surface area contributed by atoms with Crippen molar-refractivity contribution in [2.24, 2.45) is 11.8 Å². The standard InChI is InChI=1S/C25H29N3O5S/c1-34-13-11-20(28-24(31)18-8-2-3-9-19(18)25(28)32)22(29)26-15-16-6-4-7-17(14-16)27-23(30)21-10-5-12-33-21/h4-7,10,12,14,18-20H,2-3,8-9,11,13,15H2,1H3,(H,26,29)(H,27,30). The maximum atomic E-state index is 13.2. The number of imide groups is 1. The SMILES string of the molecule is CSCCC(C(=O)NCc1cccc(NC(=O)c2ccco2)c1)N1C(=O)C2CCCCC2C1=O. The van der Waals surface area contributed by atoms with Crippen LogP contribution in [0.3, 0.4) is 0 Å². The van der Waals surface area contributed by atoms with Gasteiger partial charge in [-0.25, -0.2) is 0 Å². The molecule has 180 valence electrons. The van der Waals surface area contributed by atoms with E-state index in [-0.39, 0.29) is 47.8 Å². The number of anilines is 1. The van der Waals surface area contributed by atoms with Gasteiger partial charge in [0.1, 0.15) is 6.04 Å². The summed E-state index contributed by atoms with van der Waals surface area (Å²) in [6, 6.07) is 9.53. The number of likely N-dealkylation sites (tertiary alicyclic amines) is 1. The van der Waals surface area contributed by atoms with Gasteiger partial charge in [-0.1, -0.05) is 25.0 Å². The Balaban J connectivity index is 1.42. The molecule has 0 bridgehead atoms. The summed E-state index contributed by atoms with van der Waals surface area (Å²) in [5.41, 5.74) is 1.35. The second kappa shape index (κ2) is 10.9. The summed E-state index contributed by atoms with van der Waals surface area (Å²) in [5.74, 6) is -0.775. The molecule has 1 aromatic heterocycles. The zero-order valence-electron chi connectivity index (χ0n) is 19.1. The van der Waals surface area contributed by atoms with E-state index in [1.165, 1.54) is 11.2 Å². The third-order valence-corrected chi connectivity index (χ3v) is 7.13. The molecule has 2 heterocycles. The van der Waals surface area contributed by atoms with Crippen LogP contribution in [0.4, 0.5) is 5.69 Å². The monoisotopic (exact) mass is 483 g/mol. The number of hydrogen-bond donors (Lipinski definition) is 2. The van der Waals surface area contributed by atoms with Gasteiger partial charge in [0.2, 0.25) is 17.7 Å². The third kappa shape index (κ3) is 5.19. The van der Waals surface area contributed by atoms with Crippen LogP contribution in [0.1, 0.15) is 48.2 Å². The second-order valence-electron chi connectivity index (χ2n) is 8.69. The zero-order valence-corrected chi connectivity index (χ0v) is 19.9. The molecule has 0 spiro atoms. The Morgan fingerprint density at radius 3 is 2.50 bits per heavy atom. The highest BCUT2D eigenvalue weighted by atomic mass is 32.2. The highest BCUT2D eigenvalue weighted by Gasteiger charge is 2.51. The average molecular weight is 484 g/mol. The van der Waals surface area contributed by atoms with E-state index in [9.17, 15) is 19.2 Å². The van der Waals surface area contributed by atoms with E-state index in [0.29, 0.717) is 17.9 Å². The number of amides is 4. The van der Waals surface area contributed by atoms with Crippen molar-refractivity contribution in [3.05, 3.63) is 54.0 Å². The average Bonchev–Trinajstić information content (AvgIpc) is 3.47. The van der Waals surface area contributed by atoms with Crippen LogP contribution >= 0.6 is 11.8 Å². The van der Waals surface area contributed by atoms with E-state index >= 15 is 0 Å². The maximum absolute atomic E-state index is 13.2. The minimum atomic E-state index is -0.806. The number of rotatable bonds is 9. The van der Waals surface area contributed by atoms with Gasteiger partial charge in [-0.15, -0.1) is 0 Å². The van der Waals surface area contributed by atoms with Crippen molar-refractivity contribution in [2.45, 2.75) is 44.7 Å². The number of benzene rings is 1. The van der Waals surface area contributed by atoms with Crippen LogP contribution < -0.4 is 10.6 Å². The smallest absolute Gasteiger partial charge is 0.291 e. The molecule has 2 aliphatic rings. The summed E-state index contributed by atoms with van der Waals surface area (Å²) in [7, 11) is 0. The van der Waals surface area contributed by atoms with Gasteiger partial charge in [0.15, 0.2) is 5.76 Å². The van der Waals surface area contributed by atoms with Crippen molar-refractivity contribution in [1.82, 2.24) is 10.2 Å². The summed E-state index contributed by atoms with van der Waals surface area (Å²) in [4.78, 5) is 52.7. The second-order valence-corrected chi connectivity index (χ2v) is 9.68. The molecule has 34 heavy (non-hydrogen) atoms. The highest BCUT2D eigenvalue weighted by molar-refractivity contribution is 7.98. The molecule has 8 nitrogen and oxygen atoms in total. The number of furan rings is 1. The van der Waals surface area contributed by atoms with Gasteiger partial charge >= 0.3 is 0 Å². The molecule has 0 radical (unpaired) electrons. The molecule has 9 heteroatoms. The lowest BCUT2D eigenvalue weighted by atomic mass is 9.81. The Morgan fingerprint density at radius 1 is 1.12 bits per heavy atom. The summed E-state index contributed by atoms with van der Waals surface area (Å²) < 4.78 is 5.11. The van der Waals surface area contributed by atoms with Gasteiger partial charge in [-0.2, -0.15) is 11.8 Å². The molecule has 2 N–H and O–H groups in total. The molecule has 1 aliphatic carbocycles. The van der Waals surface area contributed by atoms with E-state index < -0.39 is 6.04 Å². The Bertz CT molecular complexity index is 1030. The van der Waals surface area contributed by atoms with Gasteiger partial charge in [-0.05, 0) is 61.1 Å². The predicted octanol–water partition coefficient (Wildman–Crippen LogP) is 3.45. The lowest BCUT2D eigenvalue weighted by molar-refractivity contribution is -0.148. The van der Waals surface area contributed by atoms with Gasteiger partial charge in [0.05, 0.1) is 18.1 Å². The normalized spacial score (nSPS) is 20.7. The fourth-order valence-corrected chi connectivity index (χ4v) is 5.23. The summed E-state index contributed by atoms with van der Waals surface area (Å²) >= 11 is 1.58. The Labute approximate surface area is 202 Å². The van der Waals surface area contributed by atoms with Crippen molar-refractivity contribution >= 4 is 41.1 Å². The summed E-state index contributed by atoms with van der Waals surface area (Å²) in [6.45, 7) is 0.210. The molecular formula is C25H29N3O5S. The van der Waals surface area contributed by atoms with Crippen LogP contribution in [-0.2, 0) is 20.9 Å². The minimum absolute atomic E-state index is 0.196. The summed E-state index contributed by atoms with van der Waals surface area (Å²) in [6.07, 6.45) is 7.12. The molecule has 3 unspecified atom stereocenters. The van der Waals surface area contributed by atoms with Crippen molar-refractivity contribution in [2.75, 3.05) is 17.3 Å². The first kappa shape index (κ1) is 24.1. The Morgan fingerprint density at radius 2 is 1.85 bits per heavy atom. The number of nitrogens with zero attached hydrogens (tertiary/aromatic N) is 1. The fraction of sp³-hybridized carbons (Fsp3) is 0.440. The first-order valence-electron chi connectivity index (χ1n) is 11.6. The molecule has 4 amide bonds. The van der Waals surface area contributed by atoms with Crippen LogP contribution in [0.2, 0.25) is 0 Å². The van der Waals surface area contributed by atoms with Crippen molar-refractivity contribution < 1.29 is 23.6 Å². The van der Waals surface area contributed by atoms with Gasteiger partial charge in [-0.3, -0.25) is 24.1 Å². The van der Waals surface area contributed by atoms with E-state index in [4.69, 9.17) is 4.42 Å². The van der Waals surface area contributed by atoms with Crippen molar-refractivity contribution in [3.63, 3.8) is 0 Å². The number of thioether (sulfide) groups is 1. The molecule has 1 saturated heterocycles. The van der Waals surface area contributed by atoms with Gasteiger partial charge in [0, 0.05) is 12.2 Å². The molecule has 4 rings (SSSR count). The van der Waals surface area contributed by atoms with Crippen molar-refractivity contribution in [3.8, 4) is 0 Å². The Kier molecular flexibility index (Phi) is 7.72. The lowest BCUT2D eigenvalue weighted by Gasteiger charge is -2.26. The molecule has 1 saturated carbocycles. The van der Waals surface area contributed by atoms with Crippen LogP contribution in [0, 0.1) is 11.8 Å². The molecule has 2 aromatic rings. The molecular weight excluding hydrogens is 454 g/mol. The number of hydrogen-bond acceptors (Lipinski definition) is 6. The number of fused-ring (bicyclic) bond motifs is 1. The number of nitrogens with one attached hydrogen (secondary N) is 2. The van der Waals surface area contributed by atoms with Crippen LogP contribution in [0.15, 0.2) is 47.1 Å². The third-order valence-electron chi connectivity index (χ3n) is 6.48. The van der Waals surface area contributed by atoms with E-state index in [1.807, 2.05) is 12.3 Å². The topological polar surface area (TPSA) is 109 Å².